The highest BCUT2D eigenvalue weighted by atomic mass is 15.1. The summed E-state index contributed by atoms with van der Waals surface area (Å²) in [5.74, 6) is 0.291. The third kappa shape index (κ3) is 1.78. The summed E-state index contributed by atoms with van der Waals surface area (Å²) in [5.41, 5.74) is 4.36. The molecule has 0 spiro atoms. The summed E-state index contributed by atoms with van der Waals surface area (Å²) >= 11 is 0. The second-order valence-corrected chi connectivity index (χ2v) is 4.65. The zero-order valence-electron chi connectivity index (χ0n) is 10.5. The van der Waals surface area contributed by atoms with Crippen molar-refractivity contribution in [2.24, 2.45) is 0 Å². The number of H-pyrrole nitrogens is 1. The Morgan fingerprint density at radius 2 is 1.94 bits per heavy atom. The summed E-state index contributed by atoms with van der Waals surface area (Å²) in [7, 11) is 0. The van der Waals surface area contributed by atoms with Crippen LogP contribution in [0.2, 0.25) is 0 Å². The lowest BCUT2D eigenvalue weighted by Crippen LogP contribution is -1.96. The topological polar surface area (TPSA) is 41.6 Å². The van der Waals surface area contributed by atoms with Crippen LogP contribution in [0.4, 0.5) is 0 Å². The standard InChI is InChI=1S/C15H15N3/c1-10-8-13-14(17-18-15(13)16-9-10)11(2)12-6-4-3-5-7-12/h3-9,11H,1-2H3,(H,16,17,18). The van der Waals surface area contributed by atoms with Crippen molar-refractivity contribution in [2.45, 2.75) is 19.8 Å². The molecular weight excluding hydrogens is 222 g/mol. The van der Waals surface area contributed by atoms with Gasteiger partial charge in [0.25, 0.3) is 0 Å². The molecule has 3 rings (SSSR count). The van der Waals surface area contributed by atoms with Crippen LogP contribution in [-0.4, -0.2) is 15.2 Å². The monoisotopic (exact) mass is 237 g/mol. The van der Waals surface area contributed by atoms with Crippen molar-refractivity contribution in [1.29, 1.82) is 0 Å². The lowest BCUT2D eigenvalue weighted by molar-refractivity contribution is 0.861. The van der Waals surface area contributed by atoms with Gasteiger partial charge in [-0.25, -0.2) is 4.98 Å². The molecule has 3 aromatic rings. The number of nitrogens with one attached hydrogen (secondary N) is 1. The first kappa shape index (κ1) is 11.0. The molecule has 1 N–H and O–H groups in total. The van der Waals surface area contributed by atoms with E-state index < -0.39 is 0 Å². The molecule has 18 heavy (non-hydrogen) atoms. The average Bonchev–Trinajstić information content (AvgIpc) is 2.82. The molecule has 2 aromatic heterocycles. The molecule has 90 valence electrons. The minimum atomic E-state index is 0.291. The molecule has 0 aliphatic carbocycles. The summed E-state index contributed by atoms with van der Waals surface area (Å²) in [6.07, 6.45) is 1.85. The summed E-state index contributed by atoms with van der Waals surface area (Å²) in [5, 5.41) is 8.51. The normalized spacial score (nSPS) is 12.8. The van der Waals surface area contributed by atoms with Gasteiger partial charge in [-0.3, -0.25) is 5.10 Å². The average molecular weight is 237 g/mol. The molecule has 0 bridgehead atoms. The Morgan fingerprint density at radius 1 is 1.17 bits per heavy atom. The van der Waals surface area contributed by atoms with E-state index in [-0.39, 0.29) is 0 Å². The number of aryl methyl sites for hydroxylation is 1. The number of rotatable bonds is 2. The Labute approximate surface area is 106 Å². The molecule has 1 unspecified atom stereocenters. The Morgan fingerprint density at radius 3 is 2.72 bits per heavy atom. The maximum atomic E-state index is 4.34. The van der Waals surface area contributed by atoms with E-state index >= 15 is 0 Å². The third-order valence-electron chi connectivity index (χ3n) is 3.31. The van der Waals surface area contributed by atoms with Crippen molar-refractivity contribution in [1.82, 2.24) is 15.2 Å². The van der Waals surface area contributed by atoms with Gasteiger partial charge < -0.3 is 0 Å². The number of hydrogen-bond acceptors (Lipinski definition) is 2. The fourth-order valence-electron chi connectivity index (χ4n) is 2.26. The Bertz CT molecular complexity index is 671. The zero-order valence-corrected chi connectivity index (χ0v) is 10.5. The lowest BCUT2D eigenvalue weighted by atomic mass is 9.96. The Kier molecular flexibility index (Phi) is 2.59. The molecule has 0 radical (unpaired) electrons. The van der Waals surface area contributed by atoms with Crippen LogP contribution < -0.4 is 0 Å². The van der Waals surface area contributed by atoms with Gasteiger partial charge in [-0.15, -0.1) is 0 Å². The fourth-order valence-corrected chi connectivity index (χ4v) is 2.26. The molecule has 3 nitrogen and oxygen atoms in total. The number of pyridine rings is 1. The van der Waals surface area contributed by atoms with Crippen LogP contribution >= 0.6 is 0 Å². The predicted molar refractivity (Wildman–Crippen MR) is 72.6 cm³/mol. The number of aromatic nitrogens is 3. The van der Waals surface area contributed by atoms with Crippen molar-refractivity contribution in [3.63, 3.8) is 0 Å². The molecule has 2 heterocycles. The number of aromatic amines is 1. The van der Waals surface area contributed by atoms with E-state index in [1.807, 2.05) is 12.3 Å². The minimum Gasteiger partial charge on any atom is -0.279 e. The van der Waals surface area contributed by atoms with E-state index in [0.29, 0.717) is 5.92 Å². The number of benzene rings is 1. The number of nitrogens with zero attached hydrogens (tertiary/aromatic N) is 2. The lowest BCUT2D eigenvalue weighted by Gasteiger charge is -2.10. The van der Waals surface area contributed by atoms with Gasteiger partial charge in [-0.1, -0.05) is 37.3 Å². The van der Waals surface area contributed by atoms with Crippen LogP contribution in [0, 0.1) is 6.92 Å². The highest BCUT2D eigenvalue weighted by molar-refractivity contribution is 5.79. The molecule has 3 heteroatoms. The summed E-state index contributed by atoms with van der Waals surface area (Å²) in [6, 6.07) is 12.6. The molecule has 0 amide bonds. The molecule has 0 fully saturated rings. The molecule has 0 aliphatic rings. The van der Waals surface area contributed by atoms with Crippen molar-refractivity contribution in [3.8, 4) is 0 Å². The van der Waals surface area contributed by atoms with Crippen LogP contribution in [0.25, 0.3) is 11.0 Å². The van der Waals surface area contributed by atoms with Crippen LogP contribution in [0.15, 0.2) is 42.6 Å². The van der Waals surface area contributed by atoms with Gasteiger partial charge in [0.2, 0.25) is 0 Å². The summed E-state index contributed by atoms with van der Waals surface area (Å²) < 4.78 is 0. The van der Waals surface area contributed by atoms with Crippen LogP contribution in [-0.2, 0) is 0 Å². The van der Waals surface area contributed by atoms with E-state index in [4.69, 9.17) is 0 Å². The Hall–Kier alpha value is -2.16. The van der Waals surface area contributed by atoms with Crippen molar-refractivity contribution in [3.05, 3.63) is 59.4 Å². The van der Waals surface area contributed by atoms with E-state index in [9.17, 15) is 0 Å². The SMILES string of the molecule is Cc1cnc2n[nH]c(C(C)c3ccccc3)c2c1. The van der Waals surface area contributed by atoms with E-state index in [1.165, 1.54) is 5.56 Å². The van der Waals surface area contributed by atoms with E-state index in [0.717, 1.165) is 22.3 Å². The first-order valence-electron chi connectivity index (χ1n) is 6.11. The molecule has 0 saturated heterocycles. The maximum Gasteiger partial charge on any atom is 0.181 e. The van der Waals surface area contributed by atoms with Gasteiger partial charge in [0, 0.05) is 17.5 Å². The first-order valence-corrected chi connectivity index (χ1v) is 6.11. The highest BCUT2D eigenvalue weighted by Gasteiger charge is 2.14. The summed E-state index contributed by atoms with van der Waals surface area (Å²) in [4.78, 5) is 4.34. The smallest absolute Gasteiger partial charge is 0.181 e. The largest absolute Gasteiger partial charge is 0.279 e. The first-order chi connectivity index (χ1) is 8.75. The quantitative estimate of drug-likeness (QED) is 0.742. The van der Waals surface area contributed by atoms with Gasteiger partial charge in [0.15, 0.2) is 5.65 Å². The van der Waals surface area contributed by atoms with Gasteiger partial charge in [0.1, 0.15) is 0 Å². The van der Waals surface area contributed by atoms with Crippen molar-refractivity contribution in [2.75, 3.05) is 0 Å². The predicted octanol–water partition coefficient (Wildman–Crippen LogP) is 3.42. The number of fused-ring (bicyclic) bond motifs is 1. The number of hydrogen-bond donors (Lipinski definition) is 1. The molecule has 1 aromatic carbocycles. The maximum absolute atomic E-state index is 4.34. The highest BCUT2D eigenvalue weighted by Crippen LogP contribution is 2.27. The second kappa shape index (κ2) is 4.26. The molecular formula is C15H15N3. The molecule has 1 atom stereocenters. The van der Waals surface area contributed by atoms with Crippen LogP contribution in [0.1, 0.15) is 29.7 Å². The zero-order chi connectivity index (χ0) is 12.5. The van der Waals surface area contributed by atoms with Crippen LogP contribution in [0.3, 0.4) is 0 Å². The fraction of sp³-hybridized carbons (Fsp3) is 0.200. The van der Waals surface area contributed by atoms with Crippen LogP contribution in [0.5, 0.6) is 0 Å². The second-order valence-electron chi connectivity index (χ2n) is 4.65. The van der Waals surface area contributed by atoms with Gasteiger partial charge >= 0.3 is 0 Å². The minimum absolute atomic E-state index is 0.291. The molecule has 0 aliphatic heterocycles. The van der Waals surface area contributed by atoms with Gasteiger partial charge in [0.05, 0.1) is 5.69 Å². The van der Waals surface area contributed by atoms with Crippen molar-refractivity contribution < 1.29 is 0 Å². The van der Waals surface area contributed by atoms with E-state index in [2.05, 4.69) is 59.4 Å². The van der Waals surface area contributed by atoms with E-state index in [1.54, 1.807) is 0 Å². The summed E-state index contributed by atoms with van der Waals surface area (Å²) in [6.45, 7) is 4.24. The Balaban J connectivity index is 2.12. The van der Waals surface area contributed by atoms with Gasteiger partial charge in [-0.2, -0.15) is 5.10 Å². The van der Waals surface area contributed by atoms with Crippen molar-refractivity contribution >= 4 is 11.0 Å². The molecule has 0 saturated carbocycles. The third-order valence-corrected chi connectivity index (χ3v) is 3.31. The van der Waals surface area contributed by atoms with Gasteiger partial charge in [-0.05, 0) is 24.1 Å².